The number of aliphatic hydroxyl groups excluding tert-OH is 1. The van der Waals surface area contributed by atoms with Gasteiger partial charge in [0.25, 0.3) is 5.91 Å². The number of carbonyl (C=O) groups is 3. The molecule has 1 amide bonds. The number of carbonyl (C=O) groups excluding carboxylic acids is 2. The number of hydrogen-bond acceptors (Lipinski definition) is 13. The Kier molecular flexibility index (Phi) is 17.5. The van der Waals surface area contributed by atoms with Crippen LogP contribution in [0.2, 0.25) is 30.9 Å². The molecule has 5 aromatic rings. The van der Waals surface area contributed by atoms with Crippen molar-refractivity contribution in [3.8, 4) is 23.0 Å². The van der Waals surface area contributed by atoms with Gasteiger partial charge in [-0.05, 0) is 24.3 Å². The molecule has 0 saturated carbocycles. The zero-order chi connectivity index (χ0) is 46.2. The van der Waals surface area contributed by atoms with E-state index in [0.717, 1.165) is 28.7 Å². The molecule has 2 aliphatic heterocycles. The lowest BCUT2D eigenvalue weighted by Crippen LogP contribution is -2.23. The molecule has 0 aliphatic carbocycles. The quantitative estimate of drug-likeness (QED) is 0.0982. The van der Waals surface area contributed by atoms with Gasteiger partial charge in [0.05, 0.1) is 51.7 Å². The Morgan fingerprint density at radius 3 is 1.81 bits per heavy atom. The molecule has 0 fully saturated rings. The molecular formula is C38H30Cl6F3N5O10. The minimum atomic E-state index is -1.67. The topological polar surface area (TPSA) is 206 Å². The number of halogens is 9. The molecule has 1 unspecified atom stereocenters. The van der Waals surface area contributed by atoms with Crippen LogP contribution in [0, 0.1) is 17.5 Å². The van der Waals surface area contributed by atoms with E-state index in [1.807, 2.05) is 18.2 Å². The van der Waals surface area contributed by atoms with Crippen LogP contribution in [-0.2, 0) is 24.4 Å². The van der Waals surface area contributed by atoms with Crippen molar-refractivity contribution in [1.29, 1.82) is 0 Å². The van der Waals surface area contributed by atoms with Crippen molar-refractivity contribution in [2.45, 2.75) is 25.9 Å². The number of benzene rings is 2. The number of methoxy groups -OCH3 is 4. The van der Waals surface area contributed by atoms with E-state index >= 15 is 0 Å². The van der Waals surface area contributed by atoms with Gasteiger partial charge in [-0.25, -0.2) is 37.7 Å². The Hall–Kier alpha value is -5.05. The Balaban J connectivity index is 0.000000192. The SMILES string of the molecule is COc1ccc(CN)c(OC)c1.COc1ccc(CN2Cc3c(F)c(Cl)nc(Cl)c3C2=O)c(OC)c1.O=C(O)c1cc(F)c(Cl)nc1Cl.O=C1OC(O)c2c(F)c(Cl)nc(Cl)c21. The highest BCUT2D eigenvalue weighted by molar-refractivity contribution is 6.36. The number of nitrogens with zero attached hydrogens (tertiary/aromatic N) is 4. The van der Waals surface area contributed by atoms with Gasteiger partial charge in [0, 0.05) is 41.9 Å². The summed E-state index contributed by atoms with van der Waals surface area (Å²) in [7, 11) is 6.32. The number of aromatic carboxylic acids is 1. The van der Waals surface area contributed by atoms with E-state index in [1.165, 1.54) is 12.0 Å². The van der Waals surface area contributed by atoms with Crippen LogP contribution in [-0.4, -0.2) is 76.3 Å². The van der Waals surface area contributed by atoms with E-state index in [-0.39, 0.29) is 56.0 Å². The first-order valence-electron chi connectivity index (χ1n) is 16.9. The maximum absolute atomic E-state index is 14.1. The van der Waals surface area contributed by atoms with Crippen molar-refractivity contribution in [3.05, 3.63) is 130 Å². The third-order valence-electron chi connectivity index (χ3n) is 8.45. The zero-order valence-corrected chi connectivity index (χ0v) is 36.7. The highest BCUT2D eigenvalue weighted by Crippen LogP contribution is 2.38. The maximum atomic E-state index is 14.1. The molecule has 0 saturated heterocycles. The molecule has 15 nitrogen and oxygen atoms in total. The number of ether oxygens (including phenoxy) is 5. The second-order valence-electron chi connectivity index (χ2n) is 12.0. The summed E-state index contributed by atoms with van der Waals surface area (Å²) in [6, 6.07) is 11.6. The van der Waals surface area contributed by atoms with Crippen LogP contribution in [0.1, 0.15) is 59.6 Å². The number of carboxylic acids is 1. The Bertz CT molecular complexity index is 2530. The van der Waals surface area contributed by atoms with Gasteiger partial charge in [0.15, 0.2) is 32.9 Å². The minimum Gasteiger partial charge on any atom is -0.497 e. The fourth-order valence-electron chi connectivity index (χ4n) is 5.44. The van der Waals surface area contributed by atoms with E-state index in [2.05, 4.69) is 19.7 Å². The molecule has 2 aliphatic rings. The van der Waals surface area contributed by atoms with Gasteiger partial charge in [-0.15, -0.1) is 0 Å². The number of rotatable bonds is 8. The van der Waals surface area contributed by atoms with E-state index in [4.69, 9.17) is 104 Å². The lowest BCUT2D eigenvalue weighted by atomic mass is 10.1. The number of nitrogens with two attached hydrogens (primary N) is 1. The van der Waals surface area contributed by atoms with Gasteiger partial charge in [-0.3, -0.25) is 4.79 Å². The van der Waals surface area contributed by atoms with E-state index in [1.54, 1.807) is 39.5 Å². The Morgan fingerprint density at radius 1 is 0.758 bits per heavy atom. The van der Waals surface area contributed by atoms with Crippen molar-refractivity contribution in [3.63, 3.8) is 0 Å². The summed E-state index contributed by atoms with van der Waals surface area (Å²) in [5, 5.41) is 15.6. The number of aliphatic hydroxyl groups is 1. The molecular weight excluding hydrogens is 956 g/mol. The number of cyclic esters (lactones) is 1. The molecule has 5 heterocycles. The number of esters is 1. The van der Waals surface area contributed by atoms with Crippen LogP contribution in [0.25, 0.3) is 0 Å². The highest BCUT2D eigenvalue weighted by atomic mass is 35.5. The number of hydrogen-bond donors (Lipinski definition) is 3. The maximum Gasteiger partial charge on any atom is 0.344 e. The Labute approximate surface area is 379 Å². The van der Waals surface area contributed by atoms with Gasteiger partial charge < -0.3 is 44.5 Å². The first-order chi connectivity index (χ1) is 29.3. The van der Waals surface area contributed by atoms with Crippen LogP contribution in [0.5, 0.6) is 23.0 Å². The predicted molar refractivity (Wildman–Crippen MR) is 221 cm³/mol. The fourth-order valence-corrected chi connectivity index (χ4v) is 6.85. The summed E-state index contributed by atoms with van der Waals surface area (Å²) in [6.45, 7) is 0.776. The molecule has 0 bridgehead atoms. The summed E-state index contributed by atoms with van der Waals surface area (Å²) in [5.74, 6) is -2.51. The van der Waals surface area contributed by atoms with Crippen LogP contribution >= 0.6 is 69.6 Å². The van der Waals surface area contributed by atoms with Crippen LogP contribution in [0.3, 0.4) is 0 Å². The number of pyridine rings is 3. The Morgan fingerprint density at radius 2 is 1.27 bits per heavy atom. The van der Waals surface area contributed by atoms with Gasteiger partial charge >= 0.3 is 11.9 Å². The van der Waals surface area contributed by atoms with Crippen molar-refractivity contribution in [1.82, 2.24) is 19.9 Å². The molecule has 4 N–H and O–H groups in total. The van der Waals surface area contributed by atoms with Crippen LogP contribution in [0.15, 0.2) is 42.5 Å². The van der Waals surface area contributed by atoms with Crippen LogP contribution < -0.4 is 24.7 Å². The van der Waals surface area contributed by atoms with Crippen molar-refractivity contribution in [2.75, 3.05) is 28.4 Å². The molecule has 7 rings (SSSR count). The summed E-state index contributed by atoms with van der Waals surface area (Å²) >= 11 is 33.1. The van der Waals surface area contributed by atoms with E-state index in [9.17, 15) is 27.6 Å². The first-order valence-corrected chi connectivity index (χ1v) is 19.2. The number of carboxylic acid groups (broad SMARTS) is 1. The van der Waals surface area contributed by atoms with Gasteiger partial charge in [-0.2, -0.15) is 0 Å². The second kappa shape index (κ2) is 21.8. The average Bonchev–Trinajstić information content (AvgIpc) is 3.75. The molecule has 330 valence electrons. The summed E-state index contributed by atoms with van der Waals surface area (Å²) < 4.78 is 65.0. The van der Waals surface area contributed by atoms with E-state index in [0.29, 0.717) is 18.0 Å². The lowest BCUT2D eigenvalue weighted by Gasteiger charge is -2.18. The second-order valence-corrected chi connectivity index (χ2v) is 14.2. The predicted octanol–water partition coefficient (Wildman–Crippen LogP) is 8.78. The lowest BCUT2D eigenvalue weighted by molar-refractivity contribution is -0.0562. The average molecular weight is 986 g/mol. The third-order valence-corrected chi connectivity index (χ3v) is 10.0. The molecule has 3 aromatic heterocycles. The normalized spacial score (nSPS) is 13.3. The first kappa shape index (κ1) is 49.6. The summed E-state index contributed by atoms with van der Waals surface area (Å²) in [5.41, 5.74) is 6.42. The molecule has 62 heavy (non-hydrogen) atoms. The van der Waals surface area contributed by atoms with Crippen molar-refractivity contribution < 1.29 is 61.5 Å². The third kappa shape index (κ3) is 11.3. The number of amides is 1. The van der Waals surface area contributed by atoms with Gasteiger partial charge in [-0.1, -0.05) is 75.7 Å². The standard InChI is InChI=1S/C16H13Cl2FN2O3.C9H13NO2.C7H2Cl2FNO3.C6H2Cl2FNO2/c1-23-9-4-3-8(11(5-9)24-2)6-21-7-10-12(16(21)22)14(17)20-15(18)13(10)19;1-11-8-4-3-7(6-10)9(5-8)12-2;8-4-2-1(3(10)5(9)11-4)6(12)14-7(2)13;7-4-2(6(11)12)1-3(9)5(8)10-4/h3-5H,6-7H2,1-2H3;3-5H,6,10H2,1-2H3;6,12H;1H,(H,11,12). The summed E-state index contributed by atoms with van der Waals surface area (Å²) in [6.07, 6.45) is -1.67. The zero-order valence-electron chi connectivity index (χ0n) is 32.2. The number of fused-ring (bicyclic) bond motifs is 2. The number of aromatic nitrogens is 3. The fraction of sp³-hybridized carbons (Fsp3) is 0.211. The van der Waals surface area contributed by atoms with Crippen molar-refractivity contribution in [2.24, 2.45) is 5.73 Å². The largest absolute Gasteiger partial charge is 0.497 e. The van der Waals surface area contributed by atoms with E-state index < -0.39 is 57.5 Å². The highest BCUT2D eigenvalue weighted by Gasteiger charge is 2.37. The summed E-state index contributed by atoms with van der Waals surface area (Å²) in [4.78, 5) is 45.7. The molecule has 2 aromatic carbocycles. The monoisotopic (exact) mass is 983 g/mol. The minimum absolute atomic E-state index is 0.0612. The van der Waals surface area contributed by atoms with Gasteiger partial charge in [0.2, 0.25) is 6.29 Å². The van der Waals surface area contributed by atoms with Crippen LogP contribution in [0.4, 0.5) is 13.2 Å². The smallest absolute Gasteiger partial charge is 0.344 e. The van der Waals surface area contributed by atoms with Gasteiger partial charge in [0.1, 0.15) is 44.0 Å². The van der Waals surface area contributed by atoms with Crippen molar-refractivity contribution >= 4 is 87.5 Å². The molecule has 0 spiro atoms. The molecule has 24 heteroatoms. The molecule has 1 atom stereocenters. The molecule has 0 radical (unpaired) electrons.